The molecule has 0 saturated carbocycles. The molecule has 52 heavy (non-hydrogen) atoms. The minimum atomic E-state index is -0.421. The third-order valence-corrected chi connectivity index (χ3v) is 10.2. The molecule has 0 aliphatic carbocycles. The highest BCUT2D eigenvalue weighted by atomic mass is 16.3. The van der Waals surface area contributed by atoms with E-state index in [2.05, 4.69) is 119 Å². The predicted octanol–water partition coefficient (Wildman–Crippen LogP) is 11.3. The van der Waals surface area contributed by atoms with Gasteiger partial charge >= 0.3 is 0 Å². The highest BCUT2D eigenvalue weighted by molar-refractivity contribution is 6.21. The van der Waals surface area contributed by atoms with E-state index in [1.54, 1.807) is 6.20 Å². The van der Waals surface area contributed by atoms with E-state index in [0.717, 1.165) is 93.7 Å². The molecule has 4 heterocycles. The second-order valence-corrected chi connectivity index (χ2v) is 13.2. The van der Waals surface area contributed by atoms with Crippen molar-refractivity contribution in [3.63, 3.8) is 0 Å². The van der Waals surface area contributed by atoms with E-state index >= 15 is 0 Å². The largest absolute Gasteiger partial charge is 0.456 e. The third-order valence-electron chi connectivity index (χ3n) is 10.2. The maximum atomic E-state index is 6.30. The quantitative estimate of drug-likeness (QED) is 0.202. The molecule has 3 aromatic heterocycles. The number of fused-ring (bicyclic) bond motifs is 8. The summed E-state index contributed by atoms with van der Waals surface area (Å²) < 4.78 is 12.5. The Kier molecular flexibility index (Phi) is 6.21. The number of para-hydroxylation sites is 1. The lowest BCUT2D eigenvalue weighted by atomic mass is 9.92. The highest BCUT2D eigenvalue weighted by Gasteiger charge is 2.26. The van der Waals surface area contributed by atoms with Crippen LogP contribution >= 0.6 is 0 Å². The number of nitrogens with zero attached hydrogens (tertiary/aromatic N) is 3. The van der Waals surface area contributed by atoms with Crippen LogP contribution in [0.2, 0.25) is 0 Å². The predicted molar refractivity (Wildman–Crippen MR) is 211 cm³/mol. The molecule has 0 bridgehead atoms. The lowest BCUT2D eigenvalue weighted by molar-refractivity contribution is 0.662. The second-order valence-electron chi connectivity index (χ2n) is 13.2. The molecule has 11 rings (SSSR count). The van der Waals surface area contributed by atoms with E-state index in [9.17, 15) is 0 Å². The molecule has 1 aliphatic heterocycles. The molecule has 10 aromatic rings. The van der Waals surface area contributed by atoms with Gasteiger partial charge in [0.05, 0.1) is 0 Å². The van der Waals surface area contributed by atoms with Gasteiger partial charge in [-0.1, -0.05) is 109 Å². The first kappa shape index (κ1) is 28.8. The fraction of sp³-hybridized carbons (Fsp3) is 0.0217. The van der Waals surface area contributed by atoms with Crippen molar-refractivity contribution in [2.24, 2.45) is 9.98 Å². The number of hydrogen-bond acceptors (Lipinski definition) is 6. The minimum Gasteiger partial charge on any atom is -0.456 e. The number of rotatable bonds is 4. The smallest absolute Gasteiger partial charge is 0.160 e. The zero-order valence-corrected chi connectivity index (χ0v) is 27.7. The topological polar surface area (TPSA) is 75.9 Å². The molecular formula is C46H28N4O2. The molecule has 6 nitrogen and oxygen atoms in total. The Morgan fingerprint density at radius 1 is 0.500 bits per heavy atom. The van der Waals surface area contributed by atoms with Crippen LogP contribution in [-0.4, -0.2) is 16.7 Å². The average molecular weight is 669 g/mol. The summed E-state index contributed by atoms with van der Waals surface area (Å²) in [5, 5.41) is 12.4. The van der Waals surface area contributed by atoms with Crippen LogP contribution in [0.5, 0.6) is 0 Å². The Balaban J connectivity index is 1.13. The summed E-state index contributed by atoms with van der Waals surface area (Å²) in [5.74, 6) is 1.43. The van der Waals surface area contributed by atoms with Crippen molar-refractivity contribution in [1.82, 2.24) is 10.3 Å². The van der Waals surface area contributed by atoms with E-state index in [0.29, 0.717) is 5.84 Å². The Labute approximate surface area is 297 Å². The molecule has 6 heteroatoms. The standard InChI is InChI=1S/C46H28N4O2/c1-2-10-28-25-29(20-19-27(28)9-1)44-48-45(50-46(49-44)36-15-8-18-41-43(36)35-13-5-6-16-38(35)51-41)34-22-21-32(30-11-3-4-12-31(30)34)33-14-7-17-40-42(33)37-26-47-24-23-39(37)52-40/h1-26,46H,(H,48,49,50). The van der Waals surface area contributed by atoms with E-state index in [4.69, 9.17) is 18.8 Å². The van der Waals surface area contributed by atoms with Crippen LogP contribution in [0.15, 0.2) is 177 Å². The van der Waals surface area contributed by atoms with E-state index < -0.39 is 6.17 Å². The van der Waals surface area contributed by atoms with Crippen LogP contribution in [0, 0.1) is 0 Å². The summed E-state index contributed by atoms with van der Waals surface area (Å²) in [4.78, 5) is 15.1. The number of aromatic nitrogens is 1. The first-order valence-electron chi connectivity index (χ1n) is 17.4. The summed E-state index contributed by atoms with van der Waals surface area (Å²) in [7, 11) is 0. The van der Waals surface area contributed by atoms with Crippen molar-refractivity contribution < 1.29 is 8.83 Å². The lowest BCUT2D eigenvalue weighted by Crippen LogP contribution is -2.33. The van der Waals surface area contributed by atoms with Crippen molar-refractivity contribution in [3.8, 4) is 11.1 Å². The number of nitrogens with one attached hydrogen (secondary N) is 1. The Morgan fingerprint density at radius 3 is 2.08 bits per heavy atom. The number of furan rings is 2. The van der Waals surface area contributed by atoms with Gasteiger partial charge in [0.15, 0.2) is 5.84 Å². The van der Waals surface area contributed by atoms with Crippen LogP contribution in [0.3, 0.4) is 0 Å². The van der Waals surface area contributed by atoms with Gasteiger partial charge in [-0.3, -0.25) is 4.98 Å². The fourth-order valence-corrected chi connectivity index (χ4v) is 7.87. The monoisotopic (exact) mass is 668 g/mol. The zero-order chi connectivity index (χ0) is 34.2. The van der Waals surface area contributed by atoms with Gasteiger partial charge in [-0.05, 0) is 69.1 Å². The lowest BCUT2D eigenvalue weighted by Gasteiger charge is -2.25. The molecule has 1 aliphatic rings. The summed E-state index contributed by atoms with van der Waals surface area (Å²) in [6.45, 7) is 0. The summed E-state index contributed by atoms with van der Waals surface area (Å²) in [6.07, 6.45) is 3.23. The maximum absolute atomic E-state index is 6.30. The minimum absolute atomic E-state index is 0.421. The molecule has 1 atom stereocenters. The first-order chi connectivity index (χ1) is 25.8. The van der Waals surface area contributed by atoms with E-state index in [-0.39, 0.29) is 0 Å². The third kappa shape index (κ3) is 4.41. The highest BCUT2D eigenvalue weighted by Crippen LogP contribution is 2.41. The molecular weight excluding hydrogens is 641 g/mol. The molecule has 0 spiro atoms. The van der Waals surface area contributed by atoms with Crippen molar-refractivity contribution in [2.45, 2.75) is 6.17 Å². The molecule has 0 fully saturated rings. The van der Waals surface area contributed by atoms with E-state index in [1.807, 2.05) is 42.6 Å². The summed E-state index contributed by atoms with van der Waals surface area (Å²) in [5.41, 5.74) is 8.53. The average Bonchev–Trinajstić information content (AvgIpc) is 3.79. The SMILES string of the molecule is c1ccc2cc(C3=NC(c4ccc(-c5cccc6oc7ccncc7c56)c5ccccc45)=NC(c4cccc5oc6ccccc6c45)N3)ccc2c1. The van der Waals surface area contributed by atoms with Gasteiger partial charge in [0.1, 0.15) is 34.3 Å². The molecule has 0 saturated heterocycles. The van der Waals surface area contributed by atoms with Gasteiger partial charge in [0.25, 0.3) is 0 Å². The number of pyridine rings is 1. The van der Waals surface area contributed by atoms with Crippen molar-refractivity contribution >= 4 is 77.1 Å². The number of amidine groups is 2. The molecule has 7 aromatic carbocycles. The van der Waals surface area contributed by atoms with Crippen molar-refractivity contribution in [2.75, 3.05) is 0 Å². The summed E-state index contributed by atoms with van der Waals surface area (Å²) >= 11 is 0. The van der Waals surface area contributed by atoms with Crippen molar-refractivity contribution in [1.29, 1.82) is 0 Å². The van der Waals surface area contributed by atoms with Gasteiger partial charge < -0.3 is 14.2 Å². The van der Waals surface area contributed by atoms with Crippen LogP contribution < -0.4 is 5.32 Å². The molecule has 1 N–H and O–H groups in total. The Hall–Kier alpha value is -7.05. The van der Waals surface area contributed by atoms with Gasteiger partial charge in [-0.2, -0.15) is 0 Å². The van der Waals surface area contributed by atoms with Gasteiger partial charge in [-0.15, -0.1) is 0 Å². The van der Waals surface area contributed by atoms with Crippen LogP contribution in [0.1, 0.15) is 22.9 Å². The normalized spacial score (nSPS) is 14.7. The van der Waals surface area contributed by atoms with Crippen molar-refractivity contribution in [3.05, 3.63) is 175 Å². The zero-order valence-electron chi connectivity index (χ0n) is 27.7. The fourth-order valence-electron chi connectivity index (χ4n) is 7.87. The molecule has 1 unspecified atom stereocenters. The van der Waals surface area contributed by atoms with Gasteiger partial charge in [0.2, 0.25) is 0 Å². The molecule has 0 amide bonds. The second kappa shape index (κ2) is 11.2. The maximum Gasteiger partial charge on any atom is 0.160 e. The Bertz CT molecular complexity index is 3130. The van der Waals surface area contributed by atoms with Crippen LogP contribution in [-0.2, 0) is 0 Å². The van der Waals surface area contributed by atoms with Crippen LogP contribution in [0.25, 0.3) is 76.5 Å². The molecule has 244 valence electrons. The van der Waals surface area contributed by atoms with Gasteiger partial charge in [-0.25, -0.2) is 9.98 Å². The Morgan fingerprint density at radius 2 is 1.19 bits per heavy atom. The number of benzene rings is 7. The van der Waals surface area contributed by atoms with Crippen LogP contribution in [0.4, 0.5) is 0 Å². The van der Waals surface area contributed by atoms with E-state index in [1.165, 1.54) is 5.39 Å². The number of hydrogen-bond donors (Lipinski definition) is 1. The summed E-state index contributed by atoms with van der Waals surface area (Å²) in [6, 6.07) is 50.3. The molecule has 0 radical (unpaired) electrons. The number of aliphatic imine (C=N–C) groups is 2. The first-order valence-corrected chi connectivity index (χ1v) is 17.4. The van der Waals surface area contributed by atoms with Gasteiger partial charge in [0, 0.05) is 50.6 Å².